The molecule has 1 aromatic carbocycles. The molecule has 3 rings (SSSR count). The van der Waals surface area contributed by atoms with Gasteiger partial charge in [-0.05, 0) is 43.9 Å². The molecule has 0 N–H and O–H groups in total. The number of hydrogen-bond acceptors (Lipinski definition) is 3. The summed E-state index contributed by atoms with van der Waals surface area (Å²) >= 11 is 0. The summed E-state index contributed by atoms with van der Waals surface area (Å²) in [5.74, 6) is 0.734. The lowest BCUT2D eigenvalue weighted by Gasteiger charge is -2.38. The monoisotopic (exact) mass is 273 g/mol. The molecule has 1 aromatic rings. The quantitative estimate of drug-likeness (QED) is 0.790. The fraction of sp³-hybridized carbons (Fsp3) is 0.588. The van der Waals surface area contributed by atoms with Gasteiger partial charge in [0, 0.05) is 19.0 Å². The second-order valence-corrected chi connectivity index (χ2v) is 5.95. The lowest BCUT2D eigenvalue weighted by Crippen LogP contribution is -2.42. The average molecular weight is 273 g/mol. The molecule has 0 bridgehead atoms. The van der Waals surface area contributed by atoms with Gasteiger partial charge in [0.25, 0.3) is 0 Å². The standard InChI is InChI=1S/C17H23NO2/c1-2-20-17(19)14-7-5-9-18(11-14)12-15-10-13-6-3-4-8-16(13)15/h3-4,6,8,14-15H,2,5,7,9-12H2,1H3/t14-,15?/m1/s1. The summed E-state index contributed by atoms with van der Waals surface area (Å²) in [6.07, 6.45) is 3.28. The maximum absolute atomic E-state index is 11.9. The van der Waals surface area contributed by atoms with E-state index >= 15 is 0 Å². The molecule has 2 atom stereocenters. The Kier molecular flexibility index (Phi) is 4.06. The van der Waals surface area contributed by atoms with Crippen LogP contribution in [-0.4, -0.2) is 37.1 Å². The number of likely N-dealkylation sites (tertiary alicyclic amines) is 1. The molecule has 0 amide bonds. The minimum absolute atomic E-state index is 0.00814. The van der Waals surface area contributed by atoms with Crippen molar-refractivity contribution >= 4 is 5.97 Å². The third kappa shape index (κ3) is 2.73. The molecule has 0 aromatic heterocycles. The minimum Gasteiger partial charge on any atom is -0.466 e. The normalized spacial score (nSPS) is 25.6. The van der Waals surface area contributed by atoms with Crippen molar-refractivity contribution in [1.82, 2.24) is 4.90 Å². The average Bonchev–Trinajstić information content (AvgIpc) is 2.45. The SMILES string of the molecule is CCOC(=O)[C@@H]1CCCN(CC2Cc3ccccc32)C1. The number of esters is 1. The van der Waals surface area contributed by atoms with Gasteiger partial charge >= 0.3 is 5.97 Å². The molecule has 1 heterocycles. The van der Waals surface area contributed by atoms with Crippen LogP contribution >= 0.6 is 0 Å². The Morgan fingerprint density at radius 3 is 3.05 bits per heavy atom. The van der Waals surface area contributed by atoms with Gasteiger partial charge in [0.15, 0.2) is 0 Å². The highest BCUT2D eigenvalue weighted by Gasteiger charge is 2.31. The van der Waals surface area contributed by atoms with Crippen LogP contribution in [0.2, 0.25) is 0 Å². The second kappa shape index (κ2) is 5.96. The van der Waals surface area contributed by atoms with Crippen LogP contribution in [0.5, 0.6) is 0 Å². The third-order valence-corrected chi connectivity index (χ3v) is 4.57. The van der Waals surface area contributed by atoms with E-state index in [1.54, 1.807) is 0 Å². The van der Waals surface area contributed by atoms with E-state index in [4.69, 9.17) is 4.74 Å². The number of hydrogen-bond donors (Lipinski definition) is 0. The van der Waals surface area contributed by atoms with Gasteiger partial charge in [0.1, 0.15) is 0 Å². The van der Waals surface area contributed by atoms with Gasteiger partial charge in [0.05, 0.1) is 12.5 Å². The van der Waals surface area contributed by atoms with E-state index in [2.05, 4.69) is 29.2 Å². The summed E-state index contributed by atoms with van der Waals surface area (Å²) < 4.78 is 5.17. The summed E-state index contributed by atoms with van der Waals surface area (Å²) in [6, 6.07) is 8.72. The Morgan fingerprint density at radius 2 is 2.25 bits per heavy atom. The Hall–Kier alpha value is -1.35. The predicted molar refractivity (Wildman–Crippen MR) is 78.7 cm³/mol. The van der Waals surface area contributed by atoms with Gasteiger partial charge in [0.2, 0.25) is 0 Å². The molecule has 1 unspecified atom stereocenters. The maximum atomic E-state index is 11.9. The minimum atomic E-state index is -0.00814. The molecular formula is C17H23NO2. The van der Waals surface area contributed by atoms with Crippen molar-refractivity contribution < 1.29 is 9.53 Å². The van der Waals surface area contributed by atoms with Crippen LogP contribution in [0.3, 0.4) is 0 Å². The van der Waals surface area contributed by atoms with Gasteiger partial charge in [-0.3, -0.25) is 4.79 Å². The smallest absolute Gasteiger partial charge is 0.310 e. The Morgan fingerprint density at radius 1 is 1.40 bits per heavy atom. The zero-order valence-electron chi connectivity index (χ0n) is 12.2. The van der Waals surface area contributed by atoms with E-state index in [-0.39, 0.29) is 11.9 Å². The fourth-order valence-corrected chi connectivity index (χ4v) is 3.51. The van der Waals surface area contributed by atoms with E-state index in [1.807, 2.05) is 6.92 Å². The Bertz CT molecular complexity index is 486. The van der Waals surface area contributed by atoms with Crippen LogP contribution in [0, 0.1) is 5.92 Å². The first kappa shape index (κ1) is 13.6. The molecule has 3 nitrogen and oxygen atoms in total. The zero-order chi connectivity index (χ0) is 13.9. The van der Waals surface area contributed by atoms with Gasteiger partial charge in [-0.1, -0.05) is 24.3 Å². The summed E-state index contributed by atoms with van der Waals surface area (Å²) in [4.78, 5) is 14.3. The highest BCUT2D eigenvalue weighted by atomic mass is 16.5. The van der Waals surface area contributed by atoms with E-state index in [0.717, 1.165) is 32.5 Å². The lowest BCUT2D eigenvalue weighted by atomic mass is 9.77. The molecule has 0 radical (unpaired) electrons. The number of fused-ring (bicyclic) bond motifs is 1. The molecule has 20 heavy (non-hydrogen) atoms. The molecular weight excluding hydrogens is 250 g/mol. The summed E-state index contributed by atoms with van der Waals surface area (Å²) in [5, 5.41) is 0. The van der Waals surface area contributed by atoms with Crippen LogP contribution in [0.4, 0.5) is 0 Å². The van der Waals surface area contributed by atoms with Crippen molar-refractivity contribution in [3.8, 4) is 0 Å². The Balaban J connectivity index is 1.55. The van der Waals surface area contributed by atoms with Gasteiger partial charge in [-0.2, -0.15) is 0 Å². The largest absolute Gasteiger partial charge is 0.466 e. The van der Waals surface area contributed by atoms with Gasteiger partial charge in [-0.25, -0.2) is 0 Å². The predicted octanol–water partition coefficient (Wildman–Crippen LogP) is 2.60. The molecule has 1 saturated heterocycles. The van der Waals surface area contributed by atoms with Crippen LogP contribution in [0.1, 0.15) is 36.8 Å². The van der Waals surface area contributed by atoms with Gasteiger partial charge < -0.3 is 9.64 Å². The molecule has 1 aliphatic carbocycles. The first-order valence-corrected chi connectivity index (χ1v) is 7.74. The topological polar surface area (TPSA) is 29.5 Å². The van der Waals surface area contributed by atoms with Crippen LogP contribution in [0.25, 0.3) is 0 Å². The van der Waals surface area contributed by atoms with Gasteiger partial charge in [-0.15, -0.1) is 0 Å². The van der Waals surface area contributed by atoms with Crippen molar-refractivity contribution in [2.75, 3.05) is 26.2 Å². The fourth-order valence-electron chi connectivity index (χ4n) is 3.51. The van der Waals surface area contributed by atoms with Crippen molar-refractivity contribution in [1.29, 1.82) is 0 Å². The maximum Gasteiger partial charge on any atom is 0.310 e. The number of rotatable bonds is 4. The van der Waals surface area contributed by atoms with E-state index in [9.17, 15) is 4.79 Å². The summed E-state index contributed by atoms with van der Waals surface area (Å²) in [5.41, 5.74) is 3.00. The molecule has 1 fully saturated rings. The van der Waals surface area contributed by atoms with Crippen LogP contribution < -0.4 is 0 Å². The molecule has 2 aliphatic rings. The number of ether oxygens (including phenoxy) is 1. The third-order valence-electron chi connectivity index (χ3n) is 4.57. The number of nitrogens with zero attached hydrogens (tertiary/aromatic N) is 1. The number of benzene rings is 1. The van der Waals surface area contributed by atoms with Crippen LogP contribution in [-0.2, 0) is 16.0 Å². The number of carbonyl (C=O) groups excluding carboxylic acids is 1. The molecule has 3 heteroatoms. The van der Waals surface area contributed by atoms with E-state index in [1.165, 1.54) is 17.5 Å². The highest BCUT2D eigenvalue weighted by molar-refractivity contribution is 5.72. The number of carbonyl (C=O) groups is 1. The molecule has 0 spiro atoms. The lowest BCUT2D eigenvalue weighted by molar-refractivity contribution is -0.149. The summed E-state index contributed by atoms with van der Waals surface area (Å²) in [6.45, 7) is 5.45. The summed E-state index contributed by atoms with van der Waals surface area (Å²) in [7, 11) is 0. The van der Waals surface area contributed by atoms with E-state index in [0.29, 0.717) is 12.5 Å². The van der Waals surface area contributed by atoms with Crippen LogP contribution in [0.15, 0.2) is 24.3 Å². The first-order chi connectivity index (χ1) is 9.78. The second-order valence-electron chi connectivity index (χ2n) is 5.95. The van der Waals surface area contributed by atoms with Crippen molar-refractivity contribution in [3.05, 3.63) is 35.4 Å². The molecule has 1 aliphatic heterocycles. The zero-order valence-corrected chi connectivity index (χ0v) is 12.2. The van der Waals surface area contributed by atoms with E-state index < -0.39 is 0 Å². The molecule has 108 valence electrons. The highest BCUT2D eigenvalue weighted by Crippen LogP contribution is 2.36. The van der Waals surface area contributed by atoms with Crippen molar-refractivity contribution in [3.63, 3.8) is 0 Å². The Labute approximate surface area is 120 Å². The molecule has 0 saturated carbocycles. The van der Waals surface area contributed by atoms with Crippen molar-refractivity contribution in [2.24, 2.45) is 5.92 Å². The number of piperidine rings is 1. The first-order valence-electron chi connectivity index (χ1n) is 7.74. The van der Waals surface area contributed by atoms with Crippen molar-refractivity contribution in [2.45, 2.75) is 32.1 Å².